The first-order chi connectivity index (χ1) is 16.2. The Balaban J connectivity index is 1.76. The van der Waals surface area contributed by atoms with Crippen molar-refractivity contribution in [1.29, 1.82) is 0 Å². The summed E-state index contributed by atoms with van der Waals surface area (Å²) in [6.07, 6.45) is 0.893. The van der Waals surface area contributed by atoms with Crippen molar-refractivity contribution in [3.8, 4) is 16.9 Å². The summed E-state index contributed by atoms with van der Waals surface area (Å²) in [7, 11) is 0. The number of rotatable bonds is 9. The van der Waals surface area contributed by atoms with E-state index in [1.807, 2.05) is 32.0 Å². The van der Waals surface area contributed by atoms with Gasteiger partial charge in [-0.15, -0.1) is 0 Å². The molecular weight excluding hydrogens is 445 g/mol. The average Bonchev–Trinajstić information content (AvgIpc) is 3.50. The van der Waals surface area contributed by atoms with E-state index in [9.17, 15) is 18.0 Å². The second-order valence-electron chi connectivity index (χ2n) is 9.25. The van der Waals surface area contributed by atoms with E-state index in [1.165, 1.54) is 4.40 Å². The fourth-order valence-corrected chi connectivity index (χ4v) is 3.98. The Labute approximate surface area is 196 Å². The van der Waals surface area contributed by atoms with Crippen molar-refractivity contribution in [3.05, 3.63) is 54.0 Å². The number of carbonyl (C=O) groups excluding carboxylic acids is 1. The highest BCUT2D eigenvalue weighted by Gasteiger charge is 2.34. The van der Waals surface area contributed by atoms with Crippen LogP contribution in [0.5, 0.6) is 5.75 Å². The molecule has 2 heterocycles. The number of nitrogens with zero attached hydrogens (tertiary/aromatic N) is 2. The van der Waals surface area contributed by atoms with Crippen molar-refractivity contribution in [2.45, 2.75) is 52.1 Å². The molecular formula is C26H29F3N2O3. The summed E-state index contributed by atoms with van der Waals surface area (Å²) < 4.78 is 52.2. The Hall–Kier alpha value is -3.03. The van der Waals surface area contributed by atoms with Crippen molar-refractivity contribution in [3.63, 3.8) is 0 Å². The van der Waals surface area contributed by atoms with Crippen LogP contribution in [0.4, 0.5) is 13.2 Å². The van der Waals surface area contributed by atoms with Gasteiger partial charge in [0, 0.05) is 18.0 Å². The Kier molecular flexibility index (Phi) is 6.86. The van der Waals surface area contributed by atoms with E-state index in [0.29, 0.717) is 36.9 Å². The quantitative estimate of drug-likeness (QED) is 0.332. The van der Waals surface area contributed by atoms with Crippen LogP contribution in [-0.4, -0.2) is 28.6 Å². The molecule has 1 saturated carbocycles. The van der Waals surface area contributed by atoms with Gasteiger partial charge in [0.1, 0.15) is 11.4 Å². The first-order valence-corrected chi connectivity index (χ1v) is 11.7. The number of benzene rings is 1. The highest BCUT2D eigenvalue weighted by molar-refractivity contribution is 5.81. The highest BCUT2D eigenvalue weighted by Crippen LogP contribution is 2.38. The molecule has 0 aliphatic heterocycles. The summed E-state index contributed by atoms with van der Waals surface area (Å²) in [5, 5.41) is 0. The van der Waals surface area contributed by atoms with E-state index < -0.39 is 17.8 Å². The second-order valence-corrected chi connectivity index (χ2v) is 9.25. The molecule has 0 bridgehead atoms. The van der Waals surface area contributed by atoms with Gasteiger partial charge in [-0.3, -0.25) is 4.79 Å². The normalized spacial score (nSPS) is 15.0. The number of alkyl halides is 3. The predicted molar refractivity (Wildman–Crippen MR) is 123 cm³/mol. The first-order valence-electron chi connectivity index (χ1n) is 11.7. The third-order valence-corrected chi connectivity index (χ3v) is 5.92. The molecule has 4 rings (SSSR count). The molecule has 1 unspecified atom stereocenters. The van der Waals surface area contributed by atoms with Gasteiger partial charge in [-0.05, 0) is 73.4 Å². The number of fused-ring (bicyclic) bond motifs is 1. The largest absolute Gasteiger partial charge is 0.493 e. The molecule has 5 nitrogen and oxygen atoms in total. The number of aromatic nitrogens is 2. The molecule has 8 heteroatoms. The van der Waals surface area contributed by atoms with Crippen LogP contribution in [0, 0.1) is 11.8 Å². The molecule has 1 aromatic carbocycles. The van der Waals surface area contributed by atoms with E-state index in [1.54, 1.807) is 25.3 Å². The van der Waals surface area contributed by atoms with Crippen LogP contribution >= 0.6 is 0 Å². The minimum atomic E-state index is -4.52. The Bertz CT molecular complexity index is 1170. The maximum Gasteiger partial charge on any atom is 0.434 e. The lowest BCUT2D eigenvalue weighted by molar-refractivity contribution is -0.145. The highest BCUT2D eigenvalue weighted by atomic mass is 19.4. The molecule has 0 N–H and O–H groups in total. The smallest absolute Gasteiger partial charge is 0.434 e. The van der Waals surface area contributed by atoms with Crippen LogP contribution in [-0.2, 0) is 15.7 Å². The molecule has 1 atom stereocenters. The molecule has 1 fully saturated rings. The molecule has 0 saturated heterocycles. The minimum absolute atomic E-state index is 0.187. The molecule has 34 heavy (non-hydrogen) atoms. The van der Waals surface area contributed by atoms with Gasteiger partial charge < -0.3 is 13.9 Å². The molecule has 2 aromatic heterocycles. The maximum absolute atomic E-state index is 13.1. The van der Waals surface area contributed by atoms with Gasteiger partial charge in [-0.1, -0.05) is 19.9 Å². The molecule has 0 radical (unpaired) electrons. The summed E-state index contributed by atoms with van der Waals surface area (Å²) >= 11 is 0. The molecule has 1 aliphatic carbocycles. The molecule has 0 spiro atoms. The first kappa shape index (κ1) is 24.1. The summed E-state index contributed by atoms with van der Waals surface area (Å²) in [5.41, 5.74) is 1.43. The lowest BCUT2D eigenvalue weighted by Gasteiger charge is -2.20. The number of pyridine rings is 1. The van der Waals surface area contributed by atoms with Crippen LogP contribution < -0.4 is 4.74 Å². The number of esters is 1. The van der Waals surface area contributed by atoms with Crippen LogP contribution in [0.2, 0.25) is 0 Å². The number of halogens is 3. The zero-order chi connectivity index (χ0) is 24.5. The van der Waals surface area contributed by atoms with Crippen LogP contribution in [0.25, 0.3) is 16.8 Å². The summed E-state index contributed by atoms with van der Waals surface area (Å²) in [6, 6.07) is 8.97. The summed E-state index contributed by atoms with van der Waals surface area (Å²) in [5.74, 6) is 0.709. The number of hydrogen-bond acceptors (Lipinski definition) is 4. The summed E-state index contributed by atoms with van der Waals surface area (Å²) in [6.45, 7) is 6.75. The summed E-state index contributed by atoms with van der Waals surface area (Å²) in [4.78, 5) is 16.5. The van der Waals surface area contributed by atoms with E-state index in [-0.39, 0.29) is 17.5 Å². The monoisotopic (exact) mass is 474 g/mol. The fourth-order valence-electron chi connectivity index (χ4n) is 3.98. The van der Waals surface area contributed by atoms with Gasteiger partial charge in [0.2, 0.25) is 0 Å². The second kappa shape index (κ2) is 9.68. The molecule has 3 aromatic rings. The van der Waals surface area contributed by atoms with Gasteiger partial charge in [0.15, 0.2) is 5.69 Å². The Morgan fingerprint density at radius 1 is 1.21 bits per heavy atom. The number of carbonyl (C=O) groups is 1. The van der Waals surface area contributed by atoms with Crippen LogP contribution in [0.3, 0.4) is 0 Å². The third kappa shape index (κ3) is 5.54. The zero-order valence-electron chi connectivity index (χ0n) is 19.6. The van der Waals surface area contributed by atoms with Crippen molar-refractivity contribution in [2.24, 2.45) is 11.8 Å². The van der Waals surface area contributed by atoms with Crippen molar-refractivity contribution >= 4 is 11.6 Å². The maximum atomic E-state index is 13.1. The standard InChI is InChI=1S/C26H29F3N2O3/c1-4-33-25(32)21(11-16(2)3)18-7-8-22(34-15-17-5-6-17)20(12-18)19-9-10-31-14-23(26(27,28)29)30-24(31)13-19/h7-10,12-14,16-17,21H,4-6,11,15H2,1-3H3. The molecule has 0 amide bonds. The van der Waals surface area contributed by atoms with E-state index in [2.05, 4.69) is 4.98 Å². The van der Waals surface area contributed by atoms with E-state index >= 15 is 0 Å². The van der Waals surface area contributed by atoms with Gasteiger partial charge in [0.25, 0.3) is 0 Å². The van der Waals surface area contributed by atoms with E-state index in [0.717, 1.165) is 30.2 Å². The molecule has 1 aliphatic rings. The SMILES string of the molecule is CCOC(=O)C(CC(C)C)c1ccc(OCC2CC2)c(-c2ccn3cc(C(F)(F)F)nc3c2)c1. The third-order valence-electron chi connectivity index (χ3n) is 5.92. The lowest BCUT2D eigenvalue weighted by atomic mass is 9.88. The molecule has 182 valence electrons. The Morgan fingerprint density at radius 3 is 2.62 bits per heavy atom. The Morgan fingerprint density at radius 2 is 1.97 bits per heavy atom. The topological polar surface area (TPSA) is 52.8 Å². The van der Waals surface area contributed by atoms with Gasteiger partial charge >= 0.3 is 12.1 Å². The zero-order valence-corrected chi connectivity index (χ0v) is 19.6. The minimum Gasteiger partial charge on any atom is -0.493 e. The van der Waals surface area contributed by atoms with Crippen molar-refractivity contribution < 1.29 is 27.4 Å². The van der Waals surface area contributed by atoms with Gasteiger partial charge in [-0.25, -0.2) is 4.98 Å². The van der Waals surface area contributed by atoms with Gasteiger partial charge in [-0.2, -0.15) is 13.2 Å². The van der Waals surface area contributed by atoms with Crippen LogP contribution in [0.1, 0.15) is 57.2 Å². The average molecular weight is 475 g/mol. The number of ether oxygens (including phenoxy) is 2. The lowest BCUT2D eigenvalue weighted by Crippen LogP contribution is -2.18. The van der Waals surface area contributed by atoms with Gasteiger partial charge in [0.05, 0.1) is 19.1 Å². The van der Waals surface area contributed by atoms with Crippen molar-refractivity contribution in [1.82, 2.24) is 9.38 Å². The van der Waals surface area contributed by atoms with E-state index in [4.69, 9.17) is 9.47 Å². The number of imidazole rings is 1. The fraction of sp³-hybridized carbons (Fsp3) is 0.462. The predicted octanol–water partition coefficient (Wildman–Crippen LogP) is 6.50. The van der Waals surface area contributed by atoms with Crippen molar-refractivity contribution in [2.75, 3.05) is 13.2 Å². The van der Waals surface area contributed by atoms with Crippen LogP contribution in [0.15, 0.2) is 42.7 Å². The number of hydrogen-bond donors (Lipinski definition) is 0.